The van der Waals surface area contributed by atoms with Gasteiger partial charge in [0.25, 0.3) is 5.91 Å². The Morgan fingerprint density at radius 1 is 1.13 bits per heavy atom. The number of halogens is 1. The minimum absolute atomic E-state index is 0.229. The van der Waals surface area contributed by atoms with Crippen LogP contribution in [0.5, 0.6) is 11.5 Å². The molecule has 0 aliphatic carbocycles. The molecule has 0 aliphatic heterocycles. The van der Waals surface area contributed by atoms with E-state index in [4.69, 9.17) is 21.1 Å². The van der Waals surface area contributed by atoms with E-state index in [0.717, 1.165) is 11.1 Å². The third-order valence-corrected chi connectivity index (χ3v) is 4.70. The van der Waals surface area contributed by atoms with Crippen LogP contribution < -0.4 is 14.8 Å². The number of carbonyl (C=O) groups is 1. The number of methoxy groups -OCH3 is 1. The van der Waals surface area contributed by atoms with Gasteiger partial charge in [-0.15, -0.1) is 0 Å². The number of hydrogen-bond acceptors (Lipinski definition) is 4. The van der Waals surface area contributed by atoms with Crippen molar-refractivity contribution in [3.05, 3.63) is 88.4 Å². The first-order valence-electron chi connectivity index (χ1n) is 9.54. The van der Waals surface area contributed by atoms with E-state index in [1.165, 1.54) is 7.11 Å². The highest BCUT2D eigenvalue weighted by Gasteiger charge is 2.14. The average Bonchev–Trinajstić information content (AvgIpc) is 2.77. The van der Waals surface area contributed by atoms with Gasteiger partial charge in [-0.25, -0.2) is 0 Å². The zero-order valence-corrected chi connectivity index (χ0v) is 17.9. The molecule has 156 valence electrons. The first kappa shape index (κ1) is 21.9. The maximum Gasteiger partial charge on any atom is 0.262 e. The molecule has 0 fully saturated rings. The lowest BCUT2D eigenvalue weighted by atomic mass is 10.0. The van der Waals surface area contributed by atoms with E-state index in [2.05, 4.69) is 11.4 Å². The Labute approximate surface area is 186 Å². The van der Waals surface area contributed by atoms with Gasteiger partial charge in [0.15, 0.2) is 18.1 Å². The standard InChI is InChI=1S/C25H21ClN2O3/c1-17-7-6-10-21(11-17)28-24(29)16-31-25-22(26)13-18(14-23(25)30-2)12-20(15-27)19-8-4-3-5-9-19/h3-14H,16H2,1-2H3,(H,28,29)/b20-12+. The highest BCUT2D eigenvalue weighted by Crippen LogP contribution is 2.37. The molecule has 0 atom stereocenters. The SMILES string of the molecule is COc1cc(/C=C(\C#N)c2ccccc2)cc(Cl)c1OCC(=O)Nc1cccc(C)c1. The molecule has 1 N–H and O–H groups in total. The van der Waals surface area contributed by atoms with E-state index in [1.54, 1.807) is 24.3 Å². The summed E-state index contributed by atoms with van der Waals surface area (Å²) < 4.78 is 11.0. The zero-order chi connectivity index (χ0) is 22.2. The predicted molar refractivity (Wildman–Crippen MR) is 123 cm³/mol. The maximum absolute atomic E-state index is 12.3. The van der Waals surface area contributed by atoms with Crippen molar-refractivity contribution in [1.29, 1.82) is 5.26 Å². The van der Waals surface area contributed by atoms with Crippen molar-refractivity contribution < 1.29 is 14.3 Å². The van der Waals surface area contributed by atoms with Gasteiger partial charge in [-0.2, -0.15) is 5.26 Å². The van der Waals surface area contributed by atoms with Crippen molar-refractivity contribution in [2.75, 3.05) is 19.0 Å². The highest BCUT2D eigenvalue weighted by molar-refractivity contribution is 6.32. The summed E-state index contributed by atoms with van der Waals surface area (Å²) in [7, 11) is 1.49. The summed E-state index contributed by atoms with van der Waals surface area (Å²) >= 11 is 6.40. The molecule has 3 aromatic rings. The van der Waals surface area contributed by atoms with Crippen LogP contribution in [0.4, 0.5) is 5.69 Å². The number of nitriles is 1. The Morgan fingerprint density at radius 3 is 2.58 bits per heavy atom. The van der Waals surface area contributed by atoms with Crippen molar-refractivity contribution in [3.63, 3.8) is 0 Å². The average molecular weight is 433 g/mol. The lowest BCUT2D eigenvalue weighted by Crippen LogP contribution is -2.20. The molecule has 3 aromatic carbocycles. The number of nitrogens with one attached hydrogen (secondary N) is 1. The number of benzene rings is 3. The van der Waals surface area contributed by atoms with E-state index >= 15 is 0 Å². The Balaban J connectivity index is 1.77. The molecular formula is C25H21ClN2O3. The Morgan fingerprint density at radius 2 is 1.90 bits per heavy atom. The number of nitrogens with zero attached hydrogens (tertiary/aromatic N) is 1. The summed E-state index contributed by atoms with van der Waals surface area (Å²) in [6.07, 6.45) is 1.72. The smallest absolute Gasteiger partial charge is 0.262 e. The molecular weight excluding hydrogens is 412 g/mol. The van der Waals surface area contributed by atoms with E-state index in [0.29, 0.717) is 22.6 Å². The third-order valence-electron chi connectivity index (χ3n) is 4.42. The van der Waals surface area contributed by atoms with Gasteiger partial charge in [-0.3, -0.25) is 4.79 Å². The maximum atomic E-state index is 12.3. The number of aryl methyl sites for hydroxylation is 1. The second-order valence-corrected chi connectivity index (χ2v) is 7.18. The quantitative estimate of drug-likeness (QED) is 0.381. The molecule has 0 saturated carbocycles. The highest BCUT2D eigenvalue weighted by atomic mass is 35.5. The van der Waals surface area contributed by atoms with Crippen molar-refractivity contribution in [2.45, 2.75) is 6.92 Å². The first-order chi connectivity index (χ1) is 15.0. The summed E-state index contributed by atoms with van der Waals surface area (Å²) in [6, 6.07) is 22.4. The number of anilines is 1. The van der Waals surface area contributed by atoms with Gasteiger partial charge in [0.1, 0.15) is 0 Å². The minimum atomic E-state index is -0.316. The molecule has 31 heavy (non-hydrogen) atoms. The lowest BCUT2D eigenvalue weighted by molar-refractivity contribution is -0.118. The summed E-state index contributed by atoms with van der Waals surface area (Å²) in [4.78, 5) is 12.3. The second kappa shape index (κ2) is 10.3. The van der Waals surface area contributed by atoms with Crippen molar-refractivity contribution in [1.82, 2.24) is 0 Å². The second-order valence-electron chi connectivity index (χ2n) is 6.78. The zero-order valence-electron chi connectivity index (χ0n) is 17.2. The normalized spacial score (nSPS) is 10.8. The van der Waals surface area contributed by atoms with Crippen LogP contribution in [0, 0.1) is 18.3 Å². The Hall–Kier alpha value is -3.75. The predicted octanol–water partition coefficient (Wildman–Crippen LogP) is 5.74. The summed E-state index contributed by atoms with van der Waals surface area (Å²) in [6.45, 7) is 1.72. The summed E-state index contributed by atoms with van der Waals surface area (Å²) in [5.74, 6) is 0.315. The van der Waals surface area contributed by atoms with E-state index in [-0.39, 0.29) is 23.3 Å². The van der Waals surface area contributed by atoms with Gasteiger partial charge in [-0.05, 0) is 54.0 Å². The molecule has 0 heterocycles. The van der Waals surface area contributed by atoms with Crippen LogP contribution in [-0.4, -0.2) is 19.6 Å². The number of allylic oxidation sites excluding steroid dienone is 1. The van der Waals surface area contributed by atoms with Crippen LogP contribution in [0.25, 0.3) is 11.6 Å². The third kappa shape index (κ3) is 5.88. The van der Waals surface area contributed by atoms with E-state index < -0.39 is 0 Å². The van der Waals surface area contributed by atoms with E-state index in [9.17, 15) is 10.1 Å². The molecule has 0 aliphatic rings. The topological polar surface area (TPSA) is 71.3 Å². The fraction of sp³-hybridized carbons (Fsp3) is 0.120. The molecule has 0 bridgehead atoms. The van der Waals surface area contributed by atoms with Gasteiger partial charge in [-0.1, -0.05) is 54.1 Å². The Kier molecular flexibility index (Phi) is 7.31. The number of amides is 1. The van der Waals surface area contributed by atoms with Gasteiger partial charge in [0.2, 0.25) is 0 Å². The fourth-order valence-electron chi connectivity index (χ4n) is 2.99. The lowest BCUT2D eigenvalue weighted by Gasteiger charge is -2.14. The summed E-state index contributed by atoms with van der Waals surface area (Å²) in [5.41, 5.74) is 3.70. The fourth-order valence-corrected chi connectivity index (χ4v) is 3.26. The molecule has 0 radical (unpaired) electrons. The number of carbonyl (C=O) groups excluding carboxylic acids is 1. The molecule has 5 nitrogen and oxygen atoms in total. The van der Waals surface area contributed by atoms with Crippen molar-refractivity contribution in [2.24, 2.45) is 0 Å². The van der Waals surface area contributed by atoms with Gasteiger partial charge in [0.05, 0.1) is 23.8 Å². The van der Waals surface area contributed by atoms with Crippen molar-refractivity contribution >= 4 is 34.8 Å². The van der Waals surface area contributed by atoms with E-state index in [1.807, 2.05) is 55.5 Å². The molecule has 0 saturated heterocycles. The van der Waals surface area contributed by atoms with Gasteiger partial charge < -0.3 is 14.8 Å². The Bertz CT molecular complexity index is 1150. The van der Waals surface area contributed by atoms with Crippen LogP contribution in [0.3, 0.4) is 0 Å². The molecule has 0 unspecified atom stereocenters. The van der Waals surface area contributed by atoms with Crippen LogP contribution in [0.15, 0.2) is 66.7 Å². The van der Waals surface area contributed by atoms with Crippen LogP contribution in [0.2, 0.25) is 5.02 Å². The molecule has 3 rings (SSSR count). The van der Waals surface area contributed by atoms with Gasteiger partial charge in [0, 0.05) is 5.69 Å². The summed E-state index contributed by atoms with van der Waals surface area (Å²) in [5, 5.41) is 12.6. The molecule has 6 heteroatoms. The number of ether oxygens (including phenoxy) is 2. The molecule has 0 aromatic heterocycles. The molecule has 0 spiro atoms. The molecule has 1 amide bonds. The largest absolute Gasteiger partial charge is 0.493 e. The van der Waals surface area contributed by atoms with Gasteiger partial charge >= 0.3 is 0 Å². The van der Waals surface area contributed by atoms with Crippen LogP contribution in [-0.2, 0) is 4.79 Å². The van der Waals surface area contributed by atoms with Crippen LogP contribution >= 0.6 is 11.6 Å². The van der Waals surface area contributed by atoms with Crippen LogP contribution in [0.1, 0.15) is 16.7 Å². The first-order valence-corrected chi connectivity index (χ1v) is 9.92. The van der Waals surface area contributed by atoms with Crippen molar-refractivity contribution in [3.8, 4) is 17.6 Å². The minimum Gasteiger partial charge on any atom is -0.493 e. The number of rotatable bonds is 7. The monoisotopic (exact) mass is 432 g/mol. The number of hydrogen-bond donors (Lipinski definition) is 1.